The van der Waals surface area contributed by atoms with Gasteiger partial charge in [-0.1, -0.05) is 133 Å². The van der Waals surface area contributed by atoms with Crippen LogP contribution in [-0.2, 0) is 0 Å². The summed E-state index contributed by atoms with van der Waals surface area (Å²) in [6.07, 6.45) is 40.9. The third kappa shape index (κ3) is 4.88. The number of rotatable bonds is 6. The monoisotopic (exact) mass is 532 g/mol. The van der Waals surface area contributed by atoms with Gasteiger partial charge in [0.2, 0.25) is 0 Å². The van der Waals surface area contributed by atoms with Gasteiger partial charge in [0, 0.05) is 0 Å². The van der Waals surface area contributed by atoms with E-state index in [9.17, 15) is 0 Å². The van der Waals surface area contributed by atoms with Crippen molar-refractivity contribution in [2.24, 2.45) is 75.9 Å². The summed E-state index contributed by atoms with van der Waals surface area (Å²) in [5.41, 5.74) is 3.43. The van der Waals surface area contributed by atoms with Gasteiger partial charge in [-0.2, -0.15) is 0 Å². The summed E-state index contributed by atoms with van der Waals surface area (Å²) in [6.45, 7) is 18.5. The molecule has 6 rings (SSSR count). The average Bonchev–Trinajstić information content (AvgIpc) is 3.42. The first-order valence-corrected chi connectivity index (χ1v) is 16.2. The minimum atomic E-state index is 0.184. The lowest BCUT2D eigenvalue weighted by molar-refractivity contribution is 0.169. The fourth-order valence-electron chi connectivity index (χ4n) is 9.45. The maximum atomic E-state index is 4.19. The fraction of sp³-hybridized carbons (Fsp3) is 0.550. The molecule has 9 atom stereocenters. The van der Waals surface area contributed by atoms with Gasteiger partial charge < -0.3 is 0 Å². The van der Waals surface area contributed by atoms with Gasteiger partial charge in [0.1, 0.15) is 0 Å². The first-order chi connectivity index (χ1) is 19.1. The highest BCUT2D eigenvalue weighted by atomic mass is 14.6. The van der Waals surface area contributed by atoms with E-state index in [1.807, 2.05) is 0 Å². The molecule has 6 aliphatic carbocycles. The number of allylic oxidation sites excluding steroid dienone is 17. The summed E-state index contributed by atoms with van der Waals surface area (Å²) < 4.78 is 0. The van der Waals surface area contributed by atoms with E-state index in [1.165, 1.54) is 24.0 Å². The maximum Gasteiger partial charge on any atom is -0.00953 e. The Morgan fingerprint density at radius 1 is 0.625 bits per heavy atom. The number of hydrogen-bond acceptors (Lipinski definition) is 0. The fourth-order valence-corrected chi connectivity index (χ4v) is 9.45. The highest BCUT2D eigenvalue weighted by Gasteiger charge is 2.54. The van der Waals surface area contributed by atoms with Crippen molar-refractivity contribution in [2.45, 2.75) is 60.8 Å². The molecule has 40 heavy (non-hydrogen) atoms. The molecule has 6 aliphatic rings. The molecule has 0 nitrogen and oxygen atoms in total. The van der Waals surface area contributed by atoms with Crippen LogP contribution in [0.2, 0.25) is 0 Å². The Kier molecular flexibility index (Phi) is 7.29. The minimum absolute atomic E-state index is 0.184. The van der Waals surface area contributed by atoms with Gasteiger partial charge in [-0.15, -0.1) is 6.58 Å². The quantitative estimate of drug-likeness (QED) is 0.298. The zero-order chi connectivity index (χ0) is 28.2. The van der Waals surface area contributed by atoms with Crippen LogP contribution in [0.25, 0.3) is 0 Å². The second-order valence-corrected chi connectivity index (χ2v) is 15.7. The van der Waals surface area contributed by atoms with E-state index < -0.39 is 0 Å². The highest BCUT2D eigenvalue weighted by molar-refractivity contribution is 5.39. The molecule has 0 aromatic rings. The zero-order valence-electron chi connectivity index (χ0n) is 25.8. The zero-order valence-corrected chi connectivity index (χ0v) is 25.8. The van der Waals surface area contributed by atoms with Crippen molar-refractivity contribution >= 4 is 0 Å². The van der Waals surface area contributed by atoms with Crippen molar-refractivity contribution in [2.75, 3.05) is 0 Å². The average molecular weight is 533 g/mol. The molecule has 0 heteroatoms. The van der Waals surface area contributed by atoms with E-state index in [4.69, 9.17) is 0 Å². The molecular weight excluding hydrogens is 480 g/mol. The number of fused-ring (bicyclic) bond motifs is 6. The summed E-state index contributed by atoms with van der Waals surface area (Å²) in [7, 11) is 0. The first-order valence-electron chi connectivity index (χ1n) is 16.2. The summed E-state index contributed by atoms with van der Waals surface area (Å²) >= 11 is 0. The Balaban J connectivity index is 1.41. The van der Waals surface area contributed by atoms with Crippen molar-refractivity contribution in [1.29, 1.82) is 0 Å². The van der Waals surface area contributed by atoms with E-state index in [-0.39, 0.29) is 10.8 Å². The van der Waals surface area contributed by atoms with Gasteiger partial charge in [-0.05, 0) is 106 Å². The molecule has 0 spiro atoms. The Labute approximate surface area is 245 Å². The SMILES string of the molecule is C=CCCC(CC1C2C=CC=CC2C2C=CC=CC21)C1C2C=C(C(C)(C)C)C=CC2C2C=CC(C(C)(C)C)=CC21. The summed E-state index contributed by atoms with van der Waals surface area (Å²) in [5, 5.41) is 0. The Bertz CT molecular complexity index is 1140. The van der Waals surface area contributed by atoms with E-state index in [0.717, 1.165) is 6.42 Å². The van der Waals surface area contributed by atoms with Crippen LogP contribution in [0, 0.1) is 75.9 Å². The lowest BCUT2D eigenvalue weighted by Crippen LogP contribution is -2.31. The summed E-state index contributed by atoms with van der Waals surface area (Å²) in [6, 6.07) is 0. The molecule has 0 heterocycles. The Morgan fingerprint density at radius 3 is 1.48 bits per heavy atom. The van der Waals surface area contributed by atoms with Crippen LogP contribution in [-0.4, -0.2) is 0 Å². The van der Waals surface area contributed by atoms with Crippen molar-refractivity contribution in [3.63, 3.8) is 0 Å². The summed E-state index contributed by atoms with van der Waals surface area (Å²) in [4.78, 5) is 0. The lowest BCUT2D eigenvalue weighted by atomic mass is 9.66. The van der Waals surface area contributed by atoms with E-state index in [0.29, 0.717) is 65.1 Å². The topological polar surface area (TPSA) is 0 Å². The van der Waals surface area contributed by atoms with Crippen molar-refractivity contribution in [1.82, 2.24) is 0 Å². The van der Waals surface area contributed by atoms with E-state index in [1.54, 1.807) is 0 Å². The third-order valence-corrected chi connectivity index (χ3v) is 11.4. The standard InChI is InChI=1S/C40H52/c1-8-9-14-26(23-35-31-17-12-10-15-29(31)30-16-11-13-18-32(30)35)38-36-24-27(39(2,3)4)19-21-33(36)34-22-20-28(25-37(34)38)40(5,6)7/h8,10-13,15-22,24-26,29-38H,1,9,14,23H2,2-7H3. The molecule has 0 amide bonds. The molecule has 0 N–H and O–H groups in total. The van der Waals surface area contributed by atoms with Crippen molar-refractivity contribution < 1.29 is 0 Å². The molecule has 0 bridgehead atoms. The van der Waals surface area contributed by atoms with Gasteiger partial charge in [-0.25, -0.2) is 0 Å². The molecule has 2 saturated carbocycles. The minimum Gasteiger partial charge on any atom is -0.103 e. The van der Waals surface area contributed by atoms with Crippen LogP contribution < -0.4 is 0 Å². The van der Waals surface area contributed by atoms with Crippen molar-refractivity contribution in [3.05, 3.63) is 109 Å². The van der Waals surface area contributed by atoms with Gasteiger partial charge in [0.15, 0.2) is 0 Å². The Hall–Kier alpha value is -2.34. The maximum absolute atomic E-state index is 4.19. The van der Waals surface area contributed by atoms with Gasteiger partial charge in [0.25, 0.3) is 0 Å². The largest absolute Gasteiger partial charge is 0.103 e. The second-order valence-electron chi connectivity index (χ2n) is 15.7. The molecule has 212 valence electrons. The van der Waals surface area contributed by atoms with Gasteiger partial charge >= 0.3 is 0 Å². The van der Waals surface area contributed by atoms with Crippen LogP contribution in [0.15, 0.2) is 109 Å². The molecule has 0 saturated heterocycles. The molecule has 2 fully saturated rings. The van der Waals surface area contributed by atoms with Gasteiger partial charge in [-0.3, -0.25) is 0 Å². The van der Waals surface area contributed by atoms with Crippen molar-refractivity contribution in [3.8, 4) is 0 Å². The van der Waals surface area contributed by atoms with E-state index in [2.05, 4.69) is 139 Å². The smallest absolute Gasteiger partial charge is 0.00953 e. The number of hydrogen-bond donors (Lipinski definition) is 0. The first kappa shape index (κ1) is 27.8. The predicted octanol–water partition coefficient (Wildman–Crippen LogP) is 10.5. The molecule has 0 radical (unpaired) electrons. The normalized spacial score (nSPS) is 39.8. The predicted molar refractivity (Wildman–Crippen MR) is 172 cm³/mol. The van der Waals surface area contributed by atoms with Crippen LogP contribution in [0.5, 0.6) is 0 Å². The second kappa shape index (κ2) is 10.5. The van der Waals surface area contributed by atoms with Crippen LogP contribution in [0.3, 0.4) is 0 Å². The van der Waals surface area contributed by atoms with Crippen LogP contribution >= 0.6 is 0 Å². The third-order valence-electron chi connectivity index (χ3n) is 11.4. The van der Waals surface area contributed by atoms with Crippen LogP contribution in [0.1, 0.15) is 60.8 Å². The van der Waals surface area contributed by atoms with Gasteiger partial charge in [0.05, 0.1) is 0 Å². The molecule has 0 aromatic carbocycles. The lowest BCUT2D eigenvalue weighted by Gasteiger charge is -2.38. The molecule has 0 aliphatic heterocycles. The molecule has 9 unspecified atom stereocenters. The molecule has 0 aromatic heterocycles. The Morgan fingerprint density at radius 2 is 1.05 bits per heavy atom. The summed E-state index contributed by atoms with van der Waals surface area (Å²) in [5.74, 6) is 7.14. The molecular formula is C40H52. The van der Waals surface area contributed by atoms with E-state index >= 15 is 0 Å². The highest BCUT2D eigenvalue weighted by Crippen LogP contribution is 2.60. The van der Waals surface area contributed by atoms with Crippen LogP contribution in [0.4, 0.5) is 0 Å².